The lowest BCUT2D eigenvalue weighted by Crippen LogP contribution is -2.46. The molecule has 1 aromatic rings. The molecule has 1 aliphatic heterocycles. The van der Waals surface area contributed by atoms with Crippen molar-refractivity contribution >= 4 is 23.4 Å². The zero-order chi connectivity index (χ0) is 18.2. The van der Waals surface area contributed by atoms with Gasteiger partial charge in [0.05, 0.1) is 11.8 Å². The second-order valence-electron chi connectivity index (χ2n) is 8.23. The number of carbonyl (C=O) groups excluding carboxylic acids is 3. The maximum absolute atomic E-state index is 13.0. The van der Waals surface area contributed by atoms with Gasteiger partial charge in [-0.25, -0.2) is 0 Å². The minimum Gasteiger partial charge on any atom is -0.324 e. The lowest BCUT2D eigenvalue weighted by atomic mass is 9.63. The molecule has 2 saturated carbocycles. The summed E-state index contributed by atoms with van der Waals surface area (Å²) in [5.41, 5.74) is 1.78. The Morgan fingerprint density at radius 3 is 2.12 bits per heavy atom. The molecule has 0 aromatic heterocycles. The van der Waals surface area contributed by atoms with Gasteiger partial charge in [-0.15, -0.1) is 0 Å². The van der Waals surface area contributed by atoms with Crippen molar-refractivity contribution in [2.45, 2.75) is 26.3 Å². The highest BCUT2D eigenvalue weighted by Crippen LogP contribution is 2.65. The fraction of sp³-hybridized carbons (Fsp3) is 0.476. The van der Waals surface area contributed by atoms with Gasteiger partial charge >= 0.3 is 0 Å². The molecule has 0 spiro atoms. The predicted molar refractivity (Wildman–Crippen MR) is 95.8 cm³/mol. The van der Waals surface area contributed by atoms with Crippen molar-refractivity contribution in [1.82, 2.24) is 4.90 Å². The van der Waals surface area contributed by atoms with Crippen molar-refractivity contribution < 1.29 is 14.4 Å². The fourth-order valence-corrected chi connectivity index (χ4v) is 5.36. The first-order valence-electron chi connectivity index (χ1n) is 9.40. The van der Waals surface area contributed by atoms with Gasteiger partial charge < -0.3 is 5.32 Å². The zero-order valence-corrected chi connectivity index (χ0v) is 14.9. The molecule has 134 valence electrons. The van der Waals surface area contributed by atoms with Crippen molar-refractivity contribution in [2.24, 2.45) is 35.5 Å². The topological polar surface area (TPSA) is 66.5 Å². The molecule has 5 nitrogen and oxygen atoms in total. The van der Waals surface area contributed by atoms with Crippen molar-refractivity contribution in [1.29, 1.82) is 0 Å². The maximum atomic E-state index is 13.0. The van der Waals surface area contributed by atoms with Gasteiger partial charge in [0.25, 0.3) is 0 Å². The number of aryl methyl sites for hydroxylation is 1. The third-order valence-corrected chi connectivity index (χ3v) is 6.78. The fourth-order valence-electron chi connectivity index (χ4n) is 5.36. The van der Waals surface area contributed by atoms with Crippen LogP contribution in [0.4, 0.5) is 5.69 Å². The second kappa shape index (κ2) is 5.29. The quantitative estimate of drug-likeness (QED) is 0.672. The molecule has 2 bridgehead atoms. The Hall–Kier alpha value is -2.43. The van der Waals surface area contributed by atoms with Crippen LogP contribution in [0, 0.1) is 42.4 Å². The Morgan fingerprint density at radius 1 is 1.04 bits per heavy atom. The van der Waals surface area contributed by atoms with E-state index in [1.54, 1.807) is 6.92 Å². The van der Waals surface area contributed by atoms with Crippen LogP contribution in [0.15, 0.2) is 36.4 Å². The SMILES string of the molecule is Cc1ccc(NC(=O)[C@H](C)N2C(=O)[C@H]3[C@@H]4C=C[C@H]([C@H]5C[C@H]45)[C@@H]3C2=O)cc1. The number of benzene rings is 1. The normalized spacial score (nSPS) is 37.4. The average molecular weight is 350 g/mol. The van der Waals surface area contributed by atoms with Crippen molar-refractivity contribution in [3.8, 4) is 0 Å². The van der Waals surface area contributed by atoms with E-state index in [1.807, 2.05) is 31.2 Å². The summed E-state index contributed by atoms with van der Waals surface area (Å²) in [4.78, 5) is 40.0. The molecule has 5 heteroatoms. The van der Waals surface area contributed by atoms with E-state index in [2.05, 4.69) is 17.5 Å². The Morgan fingerprint density at radius 2 is 1.58 bits per heavy atom. The van der Waals surface area contributed by atoms with Gasteiger partial charge in [-0.3, -0.25) is 19.3 Å². The van der Waals surface area contributed by atoms with Crippen LogP contribution < -0.4 is 5.32 Å². The number of hydrogen-bond donors (Lipinski definition) is 1. The van der Waals surface area contributed by atoms with Crippen LogP contribution in [0.1, 0.15) is 18.9 Å². The summed E-state index contributed by atoms with van der Waals surface area (Å²) in [5, 5.41) is 2.82. The molecule has 1 aromatic carbocycles. The molecule has 7 atom stereocenters. The molecule has 1 N–H and O–H groups in total. The van der Waals surface area contributed by atoms with Crippen molar-refractivity contribution in [3.05, 3.63) is 42.0 Å². The van der Waals surface area contributed by atoms with Crippen LogP contribution in [0.25, 0.3) is 0 Å². The van der Waals surface area contributed by atoms with E-state index in [1.165, 1.54) is 4.90 Å². The molecule has 0 radical (unpaired) electrons. The number of nitrogens with zero attached hydrogens (tertiary/aromatic N) is 1. The summed E-state index contributed by atoms with van der Waals surface area (Å²) in [5.74, 6) is 0.367. The highest BCUT2D eigenvalue weighted by atomic mass is 16.2. The van der Waals surface area contributed by atoms with Gasteiger partial charge in [-0.05, 0) is 56.1 Å². The molecule has 3 fully saturated rings. The minimum absolute atomic E-state index is 0.156. The molecule has 4 aliphatic carbocycles. The van der Waals surface area contributed by atoms with Crippen molar-refractivity contribution in [2.75, 3.05) is 5.32 Å². The number of amides is 3. The van der Waals surface area contributed by atoms with Crippen LogP contribution in [0.2, 0.25) is 0 Å². The number of imide groups is 1. The first-order valence-corrected chi connectivity index (χ1v) is 9.40. The summed E-state index contributed by atoms with van der Waals surface area (Å²) in [6, 6.07) is 6.68. The molecule has 5 aliphatic rings. The first-order chi connectivity index (χ1) is 12.5. The van der Waals surface area contributed by atoms with E-state index in [-0.39, 0.29) is 41.4 Å². The number of hydrogen-bond acceptors (Lipinski definition) is 3. The molecule has 26 heavy (non-hydrogen) atoms. The maximum Gasteiger partial charge on any atom is 0.247 e. The second-order valence-corrected chi connectivity index (χ2v) is 8.23. The molecule has 6 rings (SSSR count). The van der Waals surface area contributed by atoms with E-state index < -0.39 is 6.04 Å². The van der Waals surface area contributed by atoms with E-state index in [9.17, 15) is 14.4 Å². The third kappa shape index (κ3) is 2.06. The summed E-state index contributed by atoms with van der Waals surface area (Å²) in [6.45, 7) is 3.62. The monoisotopic (exact) mass is 350 g/mol. The first kappa shape index (κ1) is 15.8. The molecular formula is C21H22N2O3. The Bertz CT molecular complexity index is 807. The summed E-state index contributed by atoms with van der Waals surface area (Å²) in [6.07, 6.45) is 5.43. The van der Waals surface area contributed by atoms with Crippen LogP contribution in [-0.4, -0.2) is 28.7 Å². The number of nitrogens with one attached hydrogen (secondary N) is 1. The van der Waals surface area contributed by atoms with Gasteiger partial charge in [0.2, 0.25) is 17.7 Å². The standard InChI is InChI=1S/C21H22N2O3/c1-10-3-5-12(6-4-10)22-19(24)11(2)23-20(25)17-13-7-8-14(16-9-15(13)16)18(17)21(23)26/h3-8,11,13-18H,9H2,1-2H3,(H,22,24)/t11-,13+,14+,15+,16+,17-,18-/m0/s1. The van der Waals surface area contributed by atoms with E-state index >= 15 is 0 Å². The molecule has 3 amide bonds. The Balaban J connectivity index is 1.37. The lowest BCUT2D eigenvalue weighted by molar-refractivity contribution is -0.146. The highest BCUT2D eigenvalue weighted by Gasteiger charge is 2.67. The summed E-state index contributed by atoms with van der Waals surface area (Å²) >= 11 is 0. The Labute approximate surface area is 152 Å². The van der Waals surface area contributed by atoms with Crippen molar-refractivity contribution in [3.63, 3.8) is 0 Å². The summed E-state index contributed by atoms with van der Waals surface area (Å²) in [7, 11) is 0. The van der Waals surface area contributed by atoms with E-state index in [0.29, 0.717) is 17.5 Å². The average Bonchev–Trinajstić information content (AvgIpc) is 3.41. The molecule has 1 heterocycles. The number of rotatable bonds is 3. The van der Waals surface area contributed by atoms with E-state index in [0.717, 1.165) is 12.0 Å². The van der Waals surface area contributed by atoms with Crippen LogP contribution >= 0.6 is 0 Å². The largest absolute Gasteiger partial charge is 0.324 e. The summed E-state index contributed by atoms with van der Waals surface area (Å²) < 4.78 is 0. The van der Waals surface area contributed by atoms with Crippen LogP contribution in [0.5, 0.6) is 0 Å². The lowest BCUT2D eigenvalue weighted by Gasteiger charge is -2.37. The van der Waals surface area contributed by atoms with Gasteiger partial charge in [-0.1, -0.05) is 29.8 Å². The van der Waals surface area contributed by atoms with Gasteiger partial charge in [0.15, 0.2) is 0 Å². The smallest absolute Gasteiger partial charge is 0.247 e. The van der Waals surface area contributed by atoms with Crippen LogP contribution in [0.3, 0.4) is 0 Å². The molecule has 0 unspecified atom stereocenters. The van der Waals surface area contributed by atoms with Gasteiger partial charge in [0, 0.05) is 5.69 Å². The zero-order valence-electron chi connectivity index (χ0n) is 14.9. The van der Waals surface area contributed by atoms with Gasteiger partial charge in [0.1, 0.15) is 6.04 Å². The minimum atomic E-state index is -0.794. The Kier molecular flexibility index (Phi) is 3.21. The number of anilines is 1. The number of carbonyl (C=O) groups is 3. The van der Waals surface area contributed by atoms with Crippen LogP contribution in [-0.2, 0) is 14.4 Å². The number of allylic oxidation sites excluding steroid dienone is 2. The number of likely N-dealkylation sites (tertiary alicyclic amines) is 1. The predicted octanol–water partition coefficient (Wildman–Crippen LogP) is 2.38. The molecular weight excluding hydrogens is 328 g/mol. The third-order valence-electron chi connectivity index (χ3n) is 6.78. The molecule has 1 saturated heterocycles. The van der Waals surface area contributed by atoms with Gasteiger partial charge in [-0.2, -0.15) is 0 Å². The van der Waals surface area contributed by atoms with E-state index in [4.69, 9.17) is 0 Å². The highest BCUT2D eigenvalue weighted by molar-refractivity contribution is 6.10.